The molecule has 0 spiro atoms. The summed E-state index contributed by atoms with van der Waals surface area (Å²) in [6, 6.07) is 17.3. The van der Waals surface area contributed by atoms with Gasteiger partial charge in [-0.3, -0.25) is 4.79 Å². The molecular formula is C19H23NO3. The van der Waals surface area contributed by atoms with Crippen molar-refractivity contribution in [1.29, 1.82) is 0 Å². The maximum Gasteiger partial charge on any atom is 0.260 e. The van der Waals surface area contributed by atoms with Crippen molar-refractivity contribution in [2.24, 2.45) is 0 Å². The summed E-state index contributed by atoms with van der Waals surface area (Å²) in [6.07, 6.45) is 0.469. The van der Waals surface area contributed by atoms with Gasteiger partial charge in [-0.05, 0) is 43.2 Å². The predicted molar refractivity (Wildman–Crippen MR) is 90.9 cm³/mol. The van der Waals surface area contributed by atoms with Crippen LogP contribution < -0.4 is 14.8 Å². The average Bonchev–Trinajstić information content (AvgIpc) is 2.60. The van der Waals surface area contributed by atoms with E-state index in [9.17, 15) is 4.79 Å². The van der Waals surface area contributed by atoms with Crippen LogP contribution in [0.15, 0.2) is 54.6 Å². The lowest BCUT2D eigenvalue weighted by Crippen LogP contribution is -2.38. The highest BCUT2D eigenvalue weighted by Gasteiger charge is 2.13. The second-order valence-corrected chi connectivity index (χ2v) is 5.21. The van der Waals surface area contributed by atoms with Crippen molar-refractivity contribution < 1.29 is 14.3 Å². The molecule has 1 amide bonds. The van der Waals surface area contributed by atoms with Crippen LogP contribution in [-0.2, 0) is 11.2 Å². The van der Waals surface area contributed by atoms with Crippen molar-refractivity contribution in [1.82, 2.24) is 5.32 Å². The fourth-order valence-corrected chi connectivity index (χ4v) is 2.06. The monoisotopic (exact) mass is 313 g/mol. The molecule has 0 bridgehead atoms. The topological polar surface area (TPSA) is 47.6 Å². The molecule has 0 fully saturated rings. The summed E-state index contributed by atoms with van der Waals surface area (Å²) in [5.41, 5.74) is 1.28. The Morgan fingerprint density at radius 1 is 1.04 bits per heavy atom. The summed E-state index contributed by atoms with van der Waals surface area (Å²) in [5.74, 6) is 1.34. The number of carbonyl (C=O) groups is 1. The van der Waals surface area contributed by atoms with Gasteiger partial charge >= 0.3 is 0 Å². The molecule has 0 saturated heterocycles. The molecule has 0 aliphatic rings. The summed E-state index contributed by atoms with van der Waals surface area (Å²) >= 11 is 0. The van der Waals surface area contributed by atoms with Gasteiger partial charge in [0.2, 0.25) is 0 Å². The number of aryl methyl sites for hydroxylation is 1. The summed E-state index contributed by atoms with van der Waals surface area (Å²) in [6.45, 7) is 4.71. The molecule has 0 heterocycles. The first-order chi connectivity index (χ1) is 11.2. The van der Waals surface area contributed by atoms with Crippen LogP contribution >= 0.6 is 0 Å². The quantitative estimate of drug-likeness (QED) is 0.761. The fourth-order valence-electron chi connectivity index (χ4n) is 2.06. The molecule has 4 heteroatoms. The highest BCUT2D eigenvalue weighted by molar-refractivity contribution is 5.80. The standard InChI is InChI=1S/C19H23NO3/c1-3-16-9-11-17(12-10-16)22-14-13-20-19(21)15(2)23-18-7-5-4-6-8-18/h4-12,15H,3,13-14H2,1-2H3,(H,20,21). The zero-order valence-corrected chi connectivity index (χ0v) is 13.6. The van der Waals surface area contributed by atoms with E-state index in [-0.39, 0.29) is 5.91 Å². The zero-order valence-electron chi connectivity index (χ0n) is 13.6. The molecule has 1 unspecified atom stereocenters. The maximum absolute atomic E-state index is 12.0. The van der Waals surface area contributed by atoms with E-state index in [0.29, 0.717) is 18.9 Å². The Hall–Kier alpha value is -2.49. The first-order valence-electron chi connectivity index (χ1n) is 7.90. The molecule has 2 rings (SSSR count). The van der Waals surface area contributed by atoms with Crippen LogP contribution in [0.25, 0.3) is 0 Å². The van der Waals surface area contributed by atoms with Crippen molar-refractivity contribution >= 4 is 5.91 Å². The third kappa shape index (κ3) is 5.66. The number of ether oxygens (including phenoxy) is 2. The van der Waals surface area contributed by atoms with Gasteiger partial charge in [0, 0.05) is 0 Å². The second-order valence-electron chi connectivity index (χ2n) is 5.21. The molecule has 0 aliphatic heterocycles. The lowest BCUT2D eigenvalue weighted by atomic mass is 10.2. The molecular weight excluding hydrogens is 290 g/mol. The fraction of sp³-hybridized carbons (Fsp3) is 0.316. The smallest absolute Gasteiger partial charge is 0.260 e. The Kier molecular flexibility index (Phi) is 6.48. The number of hydrogen-bond acceptors (Lipinski definition) is 3. The summed E-state index contributed by atoms with van der Waals surface area (Å²) < 4.78 is 11.2. The molecule has 2 aromatic carbocycles. The Labute approximate surface area is 137 Å². The third-order valence-corrected chi connectivity index (χ3v) is 3.43. The number of benzene rings is 2. The first kappa shape index (κ1) is 16.9. The van der Waals surface area contributed by atoms with Gasteiger partial charge < -0.3 is 14.8 Å². The summed E-state index contributed by atoms with van der Waals surface area (Å²) in [5, 5.41) is 2.81. The van der Waals surface area contributed by atoms with Gasteiger partial charge in [0.1, 0.15) is 18.1 Å². The zero-order chi connectivity index (χ0) is 16.5. The Bertz CT molecular complexity index is 596. The first-order valence-corrected chi connectivity index (χ1v) is 7.90. The second kappa shape index (κ2) is 8.83. The normalized spacial score (nSPS) is 11.6. The number of nitrogens with one attached hydrogen (secondary N) is 1. The summed E-state index contributed by atoms with van der Waals surface area (Å²) in [4.78, 5) is 12.0. The van der Waals surface area contributed by atoms with Gasteiger partial charge in [-0.15, -0.1) is 0 Å². The molecule has 0 radical (unpaired) electrons. The third-order valence-electron chi connectivity index (χ3n) is 3.43. The molecule has 23 heavy (non-hydrogen) atoms. The molecule has 4 nitrogen and oxygen atoms in total. The average molecular weight is 313 g/mol. The van der Waals surface area contributed by atoms with E-state index < -0.39 is 6.10 Å². The van der Waals surface area contributed by atoms with E-state index in [1.807, 2.05) is 54.6 Å². The van der Waals surface area contributed by atoms with E-state index in [2.05, 4.69) is 12.2 Å². The van der Waals surface area contributed by atoms with Crippen LogP contribution in [0.4, 0.5) is 0 Å². The van der Waals surface area contributed by atoms with Crippen molar-refractivity contribution in [2.75, 3.05) is 13.2 Å². The lowest BCUT2D eigenvalue weighted by molar-refractivity contribution is -0.127. The van der Waals surface area contributed by atoms with Crippen LogP contribution in [-0.4, -0.2) is 25.2 Å². The minimum atomic E-state index is -0.541. The van der Waals surface area contributed by atoms with E-state index in [0.717, 1.165) is 12.2 Å². The number of amides is 1. The Balaban J connectivity index is 1.67. The van der Waals surface area contributed by atoms with Gasteiger partial charge in [-0.1, -0.05) is 37.3 Å². The minimum Gasteiger partial charge on any atom is -0.492 e. The van der Waals surface area contributed by atoms with Crippen LogP contribution in [0.1, 0.15) is 19.4 Å². The largest absolute Gasteiger partial charge is 0.492 e. The van der Waals surface area contributed by atoms with Gasteiger partial charge in [0.15, 0.2) is 6.10 Å². The van der Waals surface area contributed by atoms with Crippen LogP contribution in [0.2, 0.25) is 0 Å². The van der Waals surface area contributed by atoms with E-state index >= 15 is 0 Å². The molecule has 1 N–H and O–H groups in total. The molecule has 0 aliphatic carbocycles. The van der Waals surface area contributed by atoms with Gasteiger partial charge in [-0.25, -0.2) is 0 Å². The van der Waals surface area contributed by atoms with Crippen molar-refractivity contribution in [2.45, 2.75) is 26.4 Å². The van der Waals surface area contributed by atoms with Crippen LogP contribution in [0.3, 0.4) is 0 Å². The van der Waals surface area contributed by atoms with Crippen LogP contribution in [0, 0.1) is 0 Å². The van der Waals surface area contributed by atoms with Gasteiger partial charge in [0.05, 0.1) is 6.54 Å². The molecule has 2 aromatic rings. The predicted octanol–water partition coefficient (Wildman–Crippen LogP) is 3.21. The van der Waals surface area contributed by atoms with Crippen molar-refractivity contribution in [3.63, 3.8) is 0 Å². The van der Waals surface area contributed by atoms with Crippen LogP contribution in [0.5, 0.6) is 11.5 Å². The highest BCUT2D eigenvalue weighted by atomic mass is 16.5. The molecule has 0 saturated carbocycles. The molecule has 122 valence electrons. The number of rotatable bonds is 8. The van der Waals surface area contributed by atoms with Gasteiger partial charge in [-0.2, -0.15) is 0 Å². The molecule has 1 atom stereocenters. The highest BCUT2D eigenvalue weighted by Crippen LogP contribution is 2.12. The van der Waals surface area contributed by atoms with Crippen molar-refractivity contribution in [3.05, 3.63) is 60.2 Å². The SMILES string of the molecule is CCc1ccc(OCCNC(=O)C(C)Oc2ccccc2)cc1. The number of hydrogen-bond donors (Lipinski definition) is 1. The minimum absolute atomic E-state index is 0.154. The number of para-hydroxylation sites is 1. The van der Waals surface area contributed by atoms with E-state index in [1.165, 1.54) is 5.56 Å². The van der Waals surface area contributed by atoms with E-state index in [4.69, 9.17) is 9.47 Å². The van der Waals surface area contributed by atoms with Gasteiger partial charge in [0.25, 0.3) is 5.91 Å². The van der Waals surface area contributed by atoms with E-state index in [1.54, 1.807) is 6.92 Å². The van der Waals surface area contributed by atoms with Crippen molar-refractivity contribution in [3.8, 4) is 11.5 Å². The Morgan fingerprint density at radius 2 is 1.74 bits per heavy atom. The maximum atomic E-state index is 12.0. The molecule has 0 aromatic heterocycles. The lowest BCUT2D eigenvalue weighted by Gasteiger charge is -2.15. The Morgan fingerprint density at radius 3 is 2.39 bits per heavy atom. The number of carbonyl (C=O) groups excluding carboxylic acids is 1. The summed E-state index contributed by atoms with van der Waals surface area (Å²) in [7, 11) is 0.